The first-order valence-electron chi connectivity index (χ1n) is 7.38. The number of carbonyl (C=O) groups is 1. The standard InChI is InChI=1S/C16H21BrFNO2/c1-10(13-6-7-15(18)14(17)8-13)19-9-11-2-4-12(5-3-11)16(20)21/h6-8,10-12,19H,2-5,9H2,1H3,(H,20,21). The molecule has 0 amide bonds. The zero-order valence-electron chi connectivity index (χ0n) is 12.1. The van der Waals surface area contributed by atoms with Gasteiger partial charge in [-0.2, -0.15) is 0 Å². The van der Waals surface area contributed by atoms with Crippen LogP contribution in [0.15, 0.2) is 22.7 Å². The fourth-order valence-electron chi connectivity index (χ4n) is 2.86. The molecule has 1 aliphatic carbocycles. The van der Waals surface area contributed by atoms with Gasteiger partial charge in [-0.25, -0.2) is 4.39 Å². The number of nitrogens with one attached hydrogen (secondary N) is 1. The van der Waals surface area contributed by atoms with Crippen LogP contribution >= 0.6 is 15.9 Å². The van der Waals surface area contributed by atoms with Gasteiger partial charge in [-0.3, -0.25) is 4.79 Å². The Labute approximate surface area is 133 Å². The Balaban J connectivity index is 1.80. The fourth-order valence-corrected chi connectivity index (χ4v) is 3.25. The lowest BCUT2D eigenvalue weighted by molar-refractivity contribution is -0.143. The van der Waals surface area contributed by atoms with E-state index in [2.05, 4.69) is 28.2 Å². The van der Waals surface area contributed by atoms with Crippen LogP contribution in [0, 0.1) is 17.7 Å². The maximum atomic E-state index is 13.2. The Bertz CT molecular complexity index is 501. The van der Waals surface area contributed by atoms with Gasteiger partial charge in [0.25, 0.3) is 0 Å². The van der Waals surface area contributed by atoms with Crippen molar-refractivity contribution in [2.24, 2.45) is 11.8 Å². The van der Waals surface area contributed by atoms with Crippen molar-refractivity contribution >= 4 is 21.9 Å². The van der Waals surface area contributed by atoms with E-state index in [4.69, 9.17) is 5.11 Å². The van der Waals surface area contributed by atoms with Gasteiger partial charge in [0.15, 0.2) is 0 Å². The Morgan fingerprint density at radius 2 is 2.10 bits per heavy atom. The van der Waals surface area contributed by atoms with Crippen molar-refractivity contribution in [1.29, 1.82) is 0 Å². The summed E-state index contributed by atoms with van der Waals surface area (Å²) < 4.78 is 13.7. The van der Waals surface area contributed by atoms with Crippen LogP contribution in [-0.4, -0.2) is 17.6 Å². The van der Waals surface area contributed by atoms with Gasteiger partial charge >= 0.3 is 5.97 Å². The number of aliphatic carboxylic acids is 1. The van der Waals surface area contributed by atoms with Crippen molar-refractivity contribution in [3.8, 4) is 0 Å². The van der Waals surface area contributed by atoms with Gasteiger partial charge in [0.05, 0.1) is 10.4 Å². The first kappa shape index (κ1) is 16.4. The minimum atomic E-state index is -0.661. The molecule has 116 valence electrons. The van der Waals surface area contributed by atoms with E-state index in [9.17, 15) is 9.18 Å². The molecular formula is C16H21BrFNO2. The number of carboxylic acid groups (broad SMARTS) is 1. The quantitative estimate of drug-likeness (QED) is 0.832. The summed E-state index contributed by atoms with van der Waals surface area (Å²) in [6.45, 7) is 2.94. The smallest absolute Gasteiger partial charge is 0.306 e. The highest BCUT2D eigenvalue weighted by atomic mass is 79.9. The molecule has 1 aromatic rings. The summed E-state index contributed by atoms with van der Waals surface area (Å²) in [4.78, 5) is 10.9. The molecule has 21 heavy (non-hydrogen) atoms. The topological polar surface area (TPSA) is 49.3 Å². The van der Waals surface area contributed by atoms with E-state index in [1.165, 1.54) is 6.07 Å². The Morgan fingerprint density at radius 1 is 1.43 bits per heavy atom. The van der Waals surface area contributed by atoms with Gasteiger partial charge in [-0.05, 0) is 78.7 Å². The second-order valence-electron chi connectivity index (χ2n) is 5.86. The third-order valence-corrected chi connectivity index (χ3v) is 4.96. The lowest BCUT2D eigenvalue weighted by atomic mass is 9.82. The zero-order chi connectivity index (χ0) is 15.4. The van der Waals surface area contributed by atoms with Crippen LogP contribution in [-0.2, 0) is 4.79 Å². The lowest BCUT2D eigenvalue weighted by Crippen LogP contribution is -2.30. The fraction of sp³-hybridized carbons (Fsp3) is 0.562. The van der Waals surface area contributed by atoms with Crippen molar-refractivity contribution in [2.45, 2.75) is 38.6 Å². The molecule has 0 saturated heterocycles. The summed E-state index contributed by atoms with van der Waals surface area (Å²) in [6.07, 6.45) is 3.48. The van der Waals surface area contributed by atoms with Gasteiger partial charge < -0.3 is 10.4 Å². The number of halogens is 2. The average Bonchev–Trinajstić information content (AvgIpc) is 2.48. The highest BCUT2D eigenvalue weighted by Gasteiger charge is 2.25. The molecule has 0 heterocycles. The van der Waals surface area contributed by atoms with E-state index in [0.717, 1.165) is 37.8 Å². The molecule has 0 radical (unpaired) electrons. The average molecular weight is 358 g/mol. The summed E-state index contributed by atoms with van der Waals surface area (Å²) in [7, 11) is 0. The molecule has 1 fully saturated rings. The van der Waals surface area contributed by atoms with Crippen LogP contribution in [0.3, 0.4) is 0 Å². The third-order valence-electron chi connectivity index (χ3n) is 4.35. The molecule has 2 rings (SSSR count). The van der Waals surface area contributed by atoms with Gasteiger partial charge in [0.1, 0.15) is 5.82 Å². The van der Waals surface area contributed by atoms with Crippen molar-refractivity contribution in [1.82, 2.24) is 5.32 Å². The molecule has 5 heteroatoms. The molecule has 0 spiro atoms. The summed E-state index contributed by atoms with van der Waals surface area (Å²) in [6, 6.07) is 5.21. The third kappa shape index (κ3) is 4.51. The largest absolute Gasteiger partial charge is 0.481 e. The highest BCUT2D eigenvalue weighted by molar-refractivity contribution is 9.10. The molecule has 3 nitrogen and oxygen atoms in total. The molecule has 1 unspecified atom stereocenters. The Morgan fingerprint density at radius 3 is 2.67 bits per heavy atom. The first-order valence-corrected chi connectivity index (χ1v) is 8.17. The first-order chi connectivity index (χ1) is 9.97. The van der Waals surface area contributed by atoms with Gasteiger partial charge in [-0.1, -0.05) is 6.07 Å². The van der Waals surface area contributed by atoms with Crippen molar-refractivity contribution in [3.05, 3.63) is 34.1 Å². The zero-order valence-corrected chi connectivity index (χ0v) is 13.7. The summed E-state index contributed by atoms with van der Waals surface area (Å²) in [5.74, 6) is -0.539. The monoisotopic (exact) mass is 357 g/mol. The second kappa shape index (κ2) is 7.36. The van der Waals surface area contributed by atoms with Gasteiger partial charge in [0.2, 0.25) is 0 Å². The van der Waals surface area contributed by atoms with Crippen LogP contribution < -0.4 is 5.32 Å². The molecule has 0 aliphatic heterocycles. The van der Waals surface area contributed by atoms with Crippen LogP contribution in [0.1, 0.15) is 44.2 Å². The normalized spacial score (nSPS) is 23.8. The number of hydrogen-bond acceptors (Lipinski definition) is 2. The van der Waals surface area contributed by atoms with Crippen LogP contribution in [0.4, 0.5) is 4.39 Å². The molecule has 1 atom stereocenters. The summed E-state index contributed by atoms with van der Waals surface area (Å²) >= 11 is 3.20. The van der Waals surface area contributed by atoms with Crippen LogP contribution in [0.25, 0.3) is 0 Å². The maximum Gasteiger partial charge on any atom is 0.306 e. The van der Waals surface area contributed by atoms with E-state index in [0.29, 0.717) is 10.4 Å². The minimum Gasteiger partial charge on any atom is -0.481 e. The summed E-state index contributed by atoms with van der Waals surface area (Å²) in [5, 5.41) is 12.5. The van der Waals surface area contributed by atoms with E-state index in [1.807, 2.05) is 0 Å². The van der Waals surface area contributed by atoms with Crippen molar-refractivity contribution in [3.63, 3.8) is 0 Å². The molecule has 0 aromatic heterocycles. The minimum absolute atomic E-state index is 0.152. The predicted octanol–water partition coefficient (Wildman–Crippen LogP) is 4.13. The van der Waals surface area contributed by atoms with Crippen LogP contribution in [0.5, 0.6) is 0 Å². The molecule has 2 N–H and O–H groups in total. The van der Waals surface area contributed by atoms with Gasteiger partial charge in [0, 0.05) is 6.04 Å². The molecule has 1 aromatic carbocycles. The Kier molecular flexibility index (Phi) is 5.76. The highest BCUT2D eigenvalue weighted by Crippen LogP contribution is 2.29. The van der Waals surface area contributed by atoms with E-state index >= 15 is 0 Å². The van der Waals surface area contributed by atoms with E-state index in [1.54, 1.807) is 12.1 Å². The number of hydrogen-bond donors (Lipinski definition) is 2. The molecular weight excluding hydrogens is 337 g/mol. The van der Waals surface area contributed by atoms with Crippen molar-refractivity contribution in [2.75, 3.05) is 6.54 Å². The summed E-state index contributed by atoms with van der Waals surface area (Å²) in [5.41, 5.74) is 1.04. The van der Waals surface area contributed by atoms with E-state index in [-0.39, 0.29) is 17.8 Å². The predicted molar refractivity (Wildman–Crippen MR) is 83.6 cm³/mol. The number of benzene rings is 1. The van der Waals surface area contributed by atoms with Crippen LogP contribution in [0.2, 0.25) is 0 Å². The molecule has 0 bridgehead atoms. The lowest BCUT2D eigenvalue weighted by Gasteiger charge is -2.27. The number of carboxylic acids is 1. The van der Waals surface area contributed by atoms with E-state index < -0.39 is 5.97 Å². The number of rotatable bonds is 5. The van der Waals surface area contributed by atoms with Crippen molar-refractivity contribution < 1.29 is 14.3 Å². The SMILES string of the molecule is CC(NCC1CCC(C(=O)O)CC1)c1ccc(F)c(Br)c1. The van der Waals surface area contributed by atoms with Gasteiger partial charge in [-0.15, -0.1) is 0 Å². The maximum absolute atomic E-state index is 13.2. The molecule has 1 aliphatic rings. The Hall–Kier alpha value is -0.940. The molecule has 1 saturated carbocycles. The second-order valence-corrected chi connectivity index (χ2v) is 6.71.